The molecule has 0 aliphatic rings. The van der Waals surface area contributed by atoms with Gasteiger partial charge in [-0.2, -0.15) is 6.42 Å². The van der Waals surface area contributed by atoms with Crippen LogP contribution in [0.1, 0.15) is 46.5 Å². The van der Waals surface area contributed by atoms with Crippen LogP contribution in [0.15, 0.2) is 6.08 Å². The van der Waals surface area contributed by atoms with Crippen molar-refractivity contribution in [1.29, 1.82) is 0 Å². The molecule has 0 bridgehead atoms. The Hall–Kier alpha value is 0.219. The van der Waals surface area contributed by atoms with Crippen LogP contribution in [0.3, 0.4) is 0 Å². The first-order chi connectivity index (χ1) is 6.35. The van der Waals surface area contributed by atoms with Crippen molar-refractivity contribution in [2.75, 3.05) is 19.6 Å². The average molecular weight is 246 g/mol. The Labute approximate surface area is 100 Å². The van der Waals surface area contributed by atoms with Crippen molar-refractivity contribution in [1.82, 2.24) is 4.90 Å². The Bertz CT molecular complexity index is 119. The Kier molecular flexibility index (Phi) is 15.7. The number of allylic oxidation sites excluding steroid dienone is 1. The van der Waals surface area contributed by atoms with Crippen LogP contribution in [0.25, 0.3) is 0 Å². The largest absolute Gasteiger partial charge is 1.00 e. The van der Waals surface area contributed by atoms with Crippen molar-refractivity contribution in [2.45, 2.75) is 46.5 Å². The third-order valence-corrected chi connectivity index (χ3v) is 2.31. The normalized spacial score (nSPS) is 10.9. The van der Waals surface area contributed by atoms with Gasteiger partial charge < -0.3 is 11.0 Å². The Balaban J connectivity index is 0. The minimum atomic E-state index is 0. The van der Waals surface area contributed by atoms with Crippen LogP contribution >= 0.6 is 0 Å². The maximum absolute atomic E-state index is 3.35. The molecular weight excluding hydrogens is 222 g/mol. The second kappa shape index (κ2) is 13.2. The van der Waals surface area contributed by atoms with Gasteiger partial charge in [-0.25, -0.2) is 0 Å². The number of nitrogens with zero attached hydrogens (tertiary/aromatic N) is 1. The second-order valence-electron chi connectivity index (χ2n) is 3.33. The zero-order valence-corrected chi connectivity index (χ0v) is 10.7. The molecule has 0 aromatic rings. The smallest absolute Gasteiger partial charge is 0.499 e. The van der Waals surface area contributed by atoms with Gasteiger partial charge in [-0.05, 0) is 19.6 Å². The zero-order valence-electron chi connectivity index (χ0n) is 9.78. The van der Waals surface area contributed by atoms with Crippen molar-refractivity contribution < 1.29 is 17.1 Å². The zero-order chi connectivity index (χ0) is 9.94. The molecule has 0 amide bonds. The molecule has 0 spiro atoms. The summed E-state index contributed by atoms with van der Waals surface area (Å²) in [4.78, 5) is 2.43. The van der Waals surface area contributed by atoms with E-state index < -0.39 is 0 Å². The molecule has 0 saturated carbocycles. The van der Waals surface area contributed by atoms with E-state index in [1.165, 1.54) is 19.3 Å². The van der Waals surface area contributed by atoms with Crippen molar-refractivity contribution in [3.05, 3.63) is 12.2 Å². The van der Waals surface area contributed by atoms with Crippen LogP contribution in [-0.2, 0) is 17.1 Å². The first-order valence-electron chi connectivity index (χ1n) is 5.62. The summed E-state index contributed by atoms with van der Waals surface area (Å²) in [6, 6.07) is 0. The van der Waals surface area contributed by atoms with E-state index in [0.717, 1.165) is 26.1 Å². The summed E-state index contributed by atoms with van der Waals surface area (Å²) in [6.07, 6.45) is 10.4. The monoisotopic (exact) mass is 245 g/mol. The standard InChI is InChI=1S/C12H24N.Cu/c1-4-7-8-9-10-11-12-13(5-2)6-3;/h9H,4-8,11-12H2,1-3H3;/q-1;+1. The summed E-state index contributed by atoms with van der Waals surface area (Å²) in [5, 5.41) is 0. The van der Waals surface area contributed by atoms with Crippen LogP contribution in [0.4, 0.5) is 0 Å². The number of hydrogen-bond acceptors (Lipinski definition) is 1. The van der Waals surface area contributed by atoms with Gasteiger partial charge in [0.05, 0.1) is 0 Å². The van der Waals surface area contributed by atoms with Crippen molar-refractivity contribution in [2.24, 2.45) is 0 Å². The molecule has 2 heteroatoms. The van der Waals surface area contributed by atoms with Gasteiger partial charge in [0.15, 0.2) is 0 Å². The summed E-state index contributed by atoms with van der Waals surface area (Å²) in [6.45, 7) is 10.1. The van der Waals surface area contributed by atoms with Crippen LogP contribution in [0, 0.1) is 6.08 Å². The molecule has 0 saturated heterocycles. The molecule has 0 radical (unpaired) electrons. The van der Waals surface area contributed by atoms with Crippen LogP contribution < -0.4 is 0 Å². The predicted molar refractivity (Wildman–Crippen MR) is 59.7 cm³/mol. The second-order valence-corrected chi connectivity index (χ2v) is 3.33. The Morgan fingerprint density at radius 2 is 1.79 bits per heavy atom. The van der Waals surface area contributed by atoms with Crippen LogP contribution in [0.2, 0.25) is 0 Å². The predicted octanol–water partition coefficient (Wildman–Crippen LogP) is 3.27. The van der Waals surface area contributed by atoms with Crippen molar-refractivity contribution in [3.8, 4) is 0 Å². The van der Waals surface area contributed by atoms with Crippen LogP contribution in [0.5, 0.6) is 0 Å². The first-order valence-corrected chi connectivity index (χ1v) is 5.62. The van der Waals surface area contributed by atoms with E-state index in [9.17, 15) is 0 Å². The molecule has 14 heavy (non-hydrogen) atoms. The van der Waals surface area contributed by atoms with E-state index in [-0.39, 0.29) is 17.1 Å². The van der Waals surface area contributed by atoms with Gasteiger partial charge in [-0.3, -0.25) is 6.08 Å². The summed E-state index contributed by atoms with van der Waals surface area (Å²) in [7, 11) is 0. The quantitative estimate of drug-likeness (QED) is 0.361. The van der Waals surface area contributed by atoms with E-state index in [4.69, 9.17) is 0 Å². The molecular formula is C12H24CuN. The van der Waals surface area contributed by atoms with Gasteiger partial charge in [-0.15, -0.1) is 0 Å². The molecule has 1 nitrogen and oxygen atoms in total. The van der Waals surface area contributed by atoms with Gasteiger partial charge >= 0.3 is 17.1 Å². The molecule has 0 fully saturated rings. The summed E-state index contributed by atoms with van der Waals surface area (Å²) in [5.74, 6) is 0. The van der Waals surface area contributed by atoms with Crippen molar-refractivity contribution >= 4 is 0 Å². The maximum Gasteiger partial charge on any atom is 1.00 e. The molecule has 88 valence electrons. The van der Waals surface area contributed by atoms with E-state index in [0.29, 0.717) is 0 Å². The molecule has 0 aliphatic carbocycles. The Morgan fingerprint density at radius 3 is 2.29 bits per heavy atom. The number of rotatable bonds is 8. The molecule has 0 atom stereocenters. The summed E-state index contributed by atoms with van der Waals surface area (Å²) >= 11 is 0. The van der Waals surface area contributed by atoms with E-state index >= 15 is 0 Å². The SMILES string of the molecule is CCCCC=[C-]CCN(CC)CC.[Cu+]. The van der Waals surface area contributed by atoms with E-state index in [1.807, 2.05) is 0 Å². The minimum Gasteiger partial charge on any atom is -0.499 e. The van der Waals surface area contributed by atoms with Gasteiger partial charge in [0, 0.05) is 0 Å². The first kappa shape index (κ1) is 16.6. The molecule has 0 aromatic heterocycles. The van der Waals surface area contributed by atoms with E-state index in [1.54, 1.807) is 0 Å². The van der Waals surface area contributed by atoms with Crippen molar-refractivity contribution in [3.63, 3.8) is 0 Å². The Morgan fingerprint density at radius 1 is 1.14 bits per heavy atom. The number of unbranched alkanes of at least 4 members (excludes halogenated alkanes) is 2. The summed E-state index contributed by atoms with van der Waals surface area (Å²) in [5.41, 5.74) is 0. The summed E-state index contributed by atoms with van der Waals surface area (Å²) < 4.78 is 0. The van der Waals surface area contributed by atoms with Gasteiger partial charge in [0.1, 0.15) is 0 Å². The molecule has 0 unspecified atom stereocenters. The third kappa shape index (κ3) is 10.3. The fourth-order valence-corrected chi connectivity index (χ4v) is 1.27. The average Bonchev–Trinajstić information content (AvgIpc) is 2.17. The van der Waals surface area contributed by atoms with Crippen LogP contribution in [-0.4, -0.2) is 24.5 Å². The molecule has 0 aliphatic heterocycles. The van der Waals surface area contributed by atoms with Gasteiger partial charge in [0.2, 0.25) is 0 Å². The molecule has 0 aromatic carbocycles. The van der Waals surface area contributed by atoms with E-state index in [2.05, 4.69) is 37.8 Å². The minimum absolute atomic E-state index is 0. The number of hydrogen-bond donors (Lipinski definition) is 0. The van der Waals surface area contributed by atoms with Gasteiger partial charge in [0.25, 0.3) is 0 Å². The maximum atomic E-state index is 3.35. The topological polar surface area (TPSA) is 3.24 Å². The fraction of sp³-hybridized carbons (Fsp3) is 0.833. The molecule has 0 heterocycles. The van der Waals surface area contributed by atoms with Gasteiger partial charge in [-0.1, -0.05) is 40.0 Å². The fourth-order valence-electron chi connectivity index (χ4n) is 1.27. The molecule has 0 N–H and O–H groups in total. The molecule has 0 rings (SSSR count). The third-order valence-electron chi connectivity index (χ3n) is 2.31.